The predicted molar refractivity (Wildman–Crippen MR) is 84.2 cm³/mol. The summed E-state index contributed by atoms with van der Waals surface area (Å²) in [7, 11) is 1.36. The van der Waals surface area contributed by atoms with Crippen LogP contribution in [-0.4, -0.2) is 18.0 Å². The van der Waals surface area contributed by atoms with Gasteiger partial charge in [-0.15, -0.1) is 0 Å². The van der Waals surface area contributed by atoms with E-state index in [1.807, 2.05) is 0 Å². The summed E-state index contributed by atoms with van der Waals surface area (Å²) in [5.74, 6) is 0.713. The van der Waals surface area contributed by atoms with E-state index in [1.165, 1.54) is 25.8 Å². The average Bonchev–Trinajstić information content (AvgIpc) is 2.47. The number of carbonyl (C=O) groups is 1. The molecule has 1 aliphatic carbocycles. The standard InChI is InChI=1S/C17H25FN2O2/c1-10(2)13-6-5-11(3)7-14(13)16(21)20-12-8-15(18)17(22-4)19-9-12/h8-11,13-14H,5-7H2,1-4H3,(H,20,21)/t11-,13+,14-/m1/s1. The lowest BCUT2D eigenvalue weighted by atomic mass is 9.70. The average molecular weight is 308 g/mol. The van der Waals surface area contributed by atoms with Gasteiger partial charge in [0.05, 0.1) is 19.0 Å². The molecule has 3 atom stereocenters. The number of rotatable bonds is 4. The van der Waals surface area contributed by atoms with Crippen LogP contribution in [0, 0.1) is 29.5 Å². The highest BCUT2D eigenvalue weighted by Crippen LogP contribution is 2.38. The third kappa shape index (κ3) is 3.76. The number of amides is 1. The molecular formula is C17H25FN2O2. The smallest absolute Gasteiger partial charge is 0.250 e. The molecule has 0 aliphatic heterocycles. The van der Waals surface area contributed by atoms with E-state index in [4.69, 9.17) is 4.74 Å². The van der Waals surface area contributed by atoms with E-state index in [9.17, 15) is 9.18 Å². The molecule has 0 saturated heterocycles. The minimum atomic E-state index is -0.572. The van der Waals surface area contributed by atoms with Gasteiger partial charge in [0.2, 0.25) is 11.8 Å². The molecule has 1 heterocycles. The van der Waals surface area contributed by atoms with Crippen molar-refractivity contribution in [2.75, 3.05) is 12.4 Å². The van der Waals surface area contributed by atoms with Crippen LogP contribution in [-0.2, 0) is 4.79 Å². The van der Waals surface area contributed by atoms with Crippen molar-refractivity contribution in [3.8, 4) is 5.88 Å². The number of hydrogen-bond donors (Lipinski definition) is 1. The van der Waals surface area contributed by atoms with Crippen molar-refractivity contribution in [2.24, 2.45) is 23.7 Å². The van der Waals surface area contributed by atoms with Crippen LogP contribution in [0.25, 0.3) is 0 Å². The molecular weight excluding hydrogens is 283 g/mol. The zero-order chi connectivity index (χ0) is 16.3. The molecule has 22 heavy (non-hydrogen) atoms. The van der Waals surface area contributed by atoms with Gasteiger partial charge in [-0.1, -0.05) is 27.2 Å². The molecule has 1 aromatic heterocycles. The number of aromatic nitrogens is 1. The maximum Gasteiger partial charge on any atom is 0.250 e. The lowest BCUT2D eigenvalue weighted by Crippen LogP contribution is -2.36. The Bertz CT molecular complexity index is 533. The van der Waals surface area contributed by atoms with Gasteiger partial charge in [-0.25, -0.2) is 9.37 Å². The summed E-state index contributed by atoms with van der Waals surface area (Å²) in [6.07, 6.45) is 4.56. The second kappa shape index (κ2) is 7.07. The summed E-state index contributed by atoms with van der Waals surface area (Å²) in [4.78, 5) is 16.5. The number of ether oxygens (including phenoxy) is 1. The lowest BCUT2D eigenvalue weighted by Gasteiger charge is -2.36. The Morgan fingerprint density at radius 1 is 1.45 bits per heavy atom. The minimum Gasteiger partial charge on any atom is -0.479 e. The number of halogens is 1. The van der Waals surface area contributed by atoms with Gasteiger partial charge in [-0.2, -0.15) is 0 Å². The number of pyridine rings is 1. The van der Waals surface area contributed by atoms with Gasteiger partial charge < -0.3 is 10.1 Å². The van der Waals surface area contributed by atoms with Crippen molar-refractivity contribution in [3.05, 3.63) is 18.1 Å². The molecule has 1 aliphatic rings. The molecule has 1 amide bonds. The van der Waals surface area contributed by atoms with Crippen molar-refractivity contribution in [1.29, 1.82) is 0 Å². The number of methoxy groups -OCH3 is 1. The van der Waals surface area contributed by atoms with Crippen LogP contribution in [0.5, 0.6) is 5.88 Å². The molecule has 4 nitrogen and oxygen atoms in total. The van der Waals surface area contributed by atoms with Gasteiger partial charge in [-0.3, -0.25) is 4.79 Å². The quantitative estimate of drug-likeness (QED) is 0.918. The minimum absolute atomic E-state index is 0.0195. The number of nitrogens with zero attached hydrogens (tertiary/aromatic N) is 1. The van der Waals surface area contributed by atoms with Crippen LogP contribution in [0.4, 0.5) is 10.1 Å². The molecule has 122 valence electrons. The molecule has 0 radical (unpaired) electrons. The Morgan fingerprint density at radius 2 is 2.18 bits per heavy atom. The zero-order valence-electron chi connectivity index (χ0n) is 13.7. The zero-order valence-corrected chi connectivity index (χ0v) is 13.7. The Balaban J connectivity index is 2.10. The van der Waals surface area contributed by atoms with Gasteiger partial charge in [0, 0.05) is 12.0 Å². The Morgan fingerprint density at radius 3 is 2.77 bits per heavy atom. The Hall–Kier alpha value is -1.65. The fraction of sp³-hybridized carbons (Fsp3) is 0.647. The molecule has 1 fully saturated rings. The van der Waals surface area contributed by atoms with E-state index in [2.05, 4.69) is 31.1 Å². The first kappa shape index (κ1) is 16.7. The van der Waals surface area contributed by atoms with Crippen LogP contribution >= 0.6 is 0 Å². The normalized spacial score (nSPS) is 25.1. The monoisotopic (exact) mass is 308 g/mol. The van der Waals surface area contributed by atoms with Crippen LogP contribution in [0.3, 0.4) is 0 Å². The van der Waals surface area contributed by atoms with Gasteiger partial charge in [0.15, 0.2) is 5.82 Å². The third-order valence-corrected chi connectivity index (χ3v) is 4.63. The van der Waals surface area contributed by atoms with Crippen LogP contribution < -0.4 is 10.1 Å². The van der Waals surface area contributed by atoms with Crippen LogP contribution in [0.15, 0.2) is 12.3 Å². The maximum absolute atomic E-state index is 13.7. The number of hydrogen-bond acceptors (Lipinski definition) is 3. The van der Waals surface area contributed by atoms with Crippen LogP contribution in [0.1, 0.15) is 40.0 Å². The van der Waals surface area contributed by atoms with E-state index < -0.39 is 5.82 Å². The molecule has 5 heteroatoms. The summed E-state index contributed by atoms with van der Waals surface area (Å²) < 4.78 is 18.5. The summed E-state index contributed by atoms with van der Waals surface area (Å²) in [5.41, 5.74) is 0.379. The topological polar surface area (TPSA) is 51.2 Å². The molecule has 2 rings (SSSR count). The van der Waals surface area contributed by atoms with E-state index in [0.29, 0.717) is 23.4 Å². The molecule has 0 bridgehead atoms. The molecule has 1 aromatic rings. The number of nitrogens with one attached hydrogen (secondary N) is 1. The van der Waals surface area contributed by atoms with Gasteiger partial charge >= 0.3 is 0 Å². The van der Waals surface area contributed by atoms with Crippen molar-refractivity contribution in [3.63, 3.8) is 0 Å². The van der Waals surface area contributed by atoms with E-state index in [-0.39, 0.29) is 17.7 Å². The highest BCUT2D eigenvalue weighted by atomic mass is 19.1. The summed E-state index contributed by atoms with van der Waals surface area (Å²) in [6, 6.07) is 1.25. The van der Waals surface area contributed by atoms with Gasteiger partial charge in [0.1, 0.15) is 0 Å². The predicted octanol–water partition coefficient (Wildman–Crippen LogP) is 3.88. The van der Waals surface area contributed by atoms with E-state index in [0.717, 1.165) is 12.8 Å². The first-order valence-corrected chi connectivity index (χ1v) is 7.92. The molecule has 0 aromatic carbocycles. The summed E-state index contributed by atoms with van der Waals surface area (Å²) in [6.45, 7) is 6.51. The fourth-order valence-corrected chi connectivity index (χ4v) is 3.38. The number of anilines is 1. The highest BCUT2D eigenvalue weighted by Gasteiger charge is 2.35. The second-order valence-electron chi connectivity index (χ2n) is 6.64. The maximum atomic E-state index is 13.7. The number of carbonyl (C=O) groups excluding carboxylic acids is 1. The summed E-state index contributed by atoms with van der Waals surface area (Å²) >= 11 is 0. The van der Waals surface area contributed by atoms with Gasteiger partial charge in [0.25, 0.3) is 0 Å². The Kier molecular flexibility index (Phi) is 5.37. The third-order valence-electron chi connectivity index (χ3n) is 4.63. The highest BCUT2D eigenvalue weighted by molar-refractivity contribution is 5.92. The van der Waals surface area contributed by atoms with Crippen molar-refractivity contribution in [2.45, 2.75) is 40.0 Å². The van der Waals surface area contributed by atoms with E-state index in [1.54, 1.807) is 0 Å². The van der Waals surface area contributed by atoms with Crippen molar-refractivity contribution < 1.29 is 13.9 Å². The molecule has 0 unspecified atom stereocenters. The molecule has 1 saturated carbocycles. The van der Waals surface area contributed by atoms with E-state index >= 15 is 0 Å². The molecule has 1 N–H and O–H groups in total. The fourth-order valence-electron chi connectivity index (χ4n) is 3.38. The lowest BCUT2D eigenvalue weighted by molar-refractivity contribution is -0.123. The largest absolute Gasteiger partial charge is 0.479 e. The first-order chi connectivity index (χ1) is 10.4. The van der Waals surface area contributed by atoms with Crippen molar-refractivity contribution in [1.82, 2.24) is 4.98 Å². The molecule has 0 spiro atoms. The summed E-state index contributed by atoms with van der Waals surface area (Å²) in [5, 5.41) is 2.81. The van der Waals surface area contributed by atoms with Crippen LogP contribution in [0.2, 0.25) is 0 Å². The second-order valence-corrected chi connectivity index (χ2v) is 6.64. The Labute approximate surface area is 131 Å². The first-order valence-electron chi connectivity index (χ1n) is 7.92. The SMILES string of the molecule is COc1ncc(NC(=O)[C@@H]2C[C@H](C)CC[C@H]2C(C)C)cc1F. The van der Waals surface area contributed by atoms with Gasteiger partial charge in [-0.05, 0) is 30.6 Å². The van der Waals surface area contributed by atoms with Crippen molar-refractivity contribution >= 4 is 11.6 Å².